The number of amides is 1. The number of carbonyl (C=O) groups is 1. The van der Waals surface area contributed by atoms with Crippen LogP contribution >= 0.6 is 11.6 Å². The van der Waals surface area contributed by atoms with E-state index in [1.54, 1.807) is 12.3 Å². The van der Waals surface area contributed by atoms with Gasteiger partial charge in [-0.25, -0.2) is 9.78 Å². The first kappa shape index (κ1) is 22.2. The van der Waals surface area contributed by atoms with Gasteiger partial charge in [0.15, 0.2) is 0 Å². The Morgan fingerprint density at radius 2 is 1.82 bits per heavy atom. The van der Waals surface area contributed by atoms with Crippen LogP contribution in [-0.4, -0.2) is 34.7 Å². The van der Waals surface area contributed by atoms with Gasteiger partial charge in [-0.2, -0.15) is 0 Å². The predicted octanol–water partition coefficient (Wildman–Crippen LogP) is 4.88. The van der Waals surface area contributed by atoms with Gasteiger partial charge in [-0.3, -0.25) is 4.90 Å². The van der Waals surface area contributed by atoms with Crippen LogP contribution in [-0.2, 0) is 17.8 Å². The van der Waals surface area contributed by atoms with Crippen molar-refractivity contribution in [3.8, 4) is 0 Å². The summed E-state index contributed by atoms with van der Waals surface area (Å²) in [4.78, 5) is 18.4. The van der Waals surface area contributed by atoms with Crippen molar-refractivity contribution in [1.82, 2.24) is 15.2 Å². The molecular formula is C22H30ClN3O2. The molecule has 2 rings (SSSR count). The molecular weight excluding hydrogens is 374 g/mol. The molecule has 1 heterocycles. The number of hydrogen-bond acceptors (Lipinski definition) is 4. The van der Waals surface area contributed by atoms with Crippen LogP contribution in [0.5, 0.6) is 0 Å². The number of ether oxygens (including phenoxy) is 1. The number of halogens is 1. The molecule has 5 nitrogen and oxygen atoms in total. The van der Waals surface area contributed by atoms with Crippen LogP contribution in [0.4, 0.5) is 4.79 Å². The average Bonchev–Trinajstić information content (AvgIpc) is 2.58. The Balaban J connectivity index is 2.05. The molecule has 28 heavy (non-hydrogen) atoms. The van der Waals surface area contributed by atoms with Crippen LogP contribution in [0.25, 0.3) is 0 Å². The van der Waals surface area contributed by atoms with E-state index in [1.165, 1.54) is 16.7 Å². The normalized spacial score (nSPS) is 11.5. The first-order valence-corrected chi connectivity index (χ1v) is 9.86. The van der Waals surface area contributed by atoms with Crippen molar-refractivity contribution in [3.05, 3.63) is 63.9 Å². The topological polar surface area (TPSA) is 54.5 Å². The number of pyridine rings is 1. The van der Waals surface area contributed by atoms with Gasteiger partial charge in [0, 0.05) is 32.4 Å². The highest BCUT2D eigenvalue weighted by atomic mass is 35.5. The van der Waals surface area contributed by atoms with Crippen molar-refractivity contribution in [3.63, 3.8) is 0 Å². The lowest BCUT2D eigenvalue weighted by atomic mass is 10.0. The summed E-state index contributed by atoms with van der Waals surface area (Å²) in [6.45, 7) is 12.5. The second-order valence-electron chi connectivity index (χ2n) is 8.00. The lowest BCUT2D eigenvalue weighted by Gasteiger charge is -2.25. The summed E-state index contributed by atoms with van der Waals surface area (Å²) >= 11 is 5.90. The minimum Gasteiger partial charge on any atom is -0.444 e. The van der Waals surface area contributed by atoms with Crippen molar-refractivity contribution in [2.24, 2.45) is 0 Å². The van der Waals surface area contributed by atoms with Crippen molar-refractivity contribution in [2.75, 3.05) is 13.1 Å². The van der Waals surface area contributed by atoms with E-state index in [0.717, 1.165) is 12.1 Å². The highest BCUT2D eigenvalue weighted by Gasteiger charge is 2.16. The fourth-order valence-electron chi connectivity index (χ4n) is 2.92. The van der Waals surface area contributed by atoms with E-state index in [1.807, 2.05) is 26.8 Å². The Bertz CT molecular complexity index is 765. The van der Waals surface area contributed by atoms with Gasteiger partial charge < -0.3 is 10.1 Å². The molecule has 0 aliphatic heterocycles. The van der Waals surface area contributed by atoms with E-state index >= 15 is 0 Å². The second kappa shape index (κ2) is 9.89. The van der Waals surface area contributed by atoms with Crippen LogP contribution < -0.4 is 5.32 Å². The quantitative estimate of drug-likeness (QED) is 0.669. The smallest absolute Gasteiger partial charge is 0.407 e. The number of alkyl carbamates (subject to hydrolysis) is 1. The third-order valence-electron chi connectivity index (χ3n) is 4.32. The van der Waals surface area contributed by atoms with Gasteiger partial charge in [0.05, 0.1) is 0 Å². The molecule has 0 saturated heterocycles. The van der Waals surface area contributed by atoms with Crippen LogP contribution in [0, 0.1) is 13.8 Å². The Morgan fingerprint density at radius 3 is 2.39 bits per heavy atom. The van der Waals surface area contributed by atoms with Crippen molar-refractivity contribution in [2.45, 2.75) is 53.3 Å². The van der Waals surface area contributed by atoms with Gasteiger partial charge in [0.1, 0.15) is 10.8 Å². The molecule has 1 aromatic heterocycles. The highest BCUT2D eigenvalue weighted by Crippen LogP contribution is 2.17. The predicted molar refractivity (Wildman–Crippen MR) is 114 cm³/mol. The van der Waals surface area contributed by atoms with Crippen LogP contribution in [0.3, 0.4) is 0 Å². The van der Waals surface area contributed by atoms with E-state index in [4.69, 9.17) is 16.3 Å². The molecule has 0 bridgehead atoms. The molecule has 0 fully saturated rings. The molecule has 2 aromatic rings. The summed E-state index contributed by atoms with van der Waals surface area (Å²) in [5.41, 5.74) is 4.41. The third-order valence-corrected chi connectivity index (χ3v) is 4.54. The van der Waals surface area contributed by atoms with Gasteiger partial charge in [0.2, 0.25) is 0 Å². The maximum absolute atomic E-state index is 11.9. The highest BCUT2D eigenvalue weighted by molar-refractivity contribution is 6.29. The summed E-state index contributed by atoms with van der Waals surface area (Å²) in [6.07, 6.45) is 1.40. The molecule has 0 spiro atoms. The van der Waals surface area contributed by atoms with Gasteiger partial charge >= 0.3 is 6.09 Å². The number of rotatable bonds is 7. The maximum atomic E-state index is 11.9. The number of nitrogens with zero attached hydrogens (tertiary/aromatic N) is 2. The Hall–Kier alpha value is -2.11. The summed E-state index contributed by atoms with van der Waals surface area (Å²) in [7, 11) is 0. The molecule has 1 N–H and O–H groups in total. The second-order valence-corrected chi connectivity index (χ2v) is 8.39. The minimum atomic E-state index is -0.503. The zero-order valence-corrected chi connectivity index (χ0v) is 18.1. The van der Waals surface area contributed by atoms with E-state index in [9.17, 15) is 4.79 Å². The molecule has 152 valence electrons. The Labute approximate surface area is 173 Å². The number of benzene rings is 1. The van der Waals surface area contributed by atoms with E-state index < -0.39 is 11.7 Å². The molecule has 0 atom stereocenters. The molecule has 0 radical (unpaired) electrons. The zero-order chi connectivity index (χ0) is 20.7. The van der Waals surface area contributed by atoms with Crippen molar-refractivity contribution < 1.29 is 9.53 Å². The Kier molecular flexibility index (Phi) is 7.84. The van der Waals surface area contributed by atoms with E-state index in [0.29, 0.717) is 24.8 Å². The van der Waals surface area contributed by atoms with Crippen LogP contribution in [0.2, 0.25) is 5.15 Å². The van der Waals surface area contributed by atoms with Gasteiger partial charge in [-0.05, 0) is 62.9 Å². The molecule has 0 aliphatic carbocycles. The summed E-state index contributed by atoms with van der Waals surface area (Å²) in [5.74, 6) is 0. The molecule has 0 unspecified atom stereocenters. The number of carbonyl (C=O) groups excluding carboxylic acids is 1. The standard InChI is InChI=1S/C22H30ClN3O2/c1-16-7-6-8-17(2)19(16)15-26(14-18-9-10-20(23)25-13-18)12-11-24-21(27)28-22(3,4)5/h6-10,13H,11-12,14-15H2,1-5H3,(H,24,27). The number of hydrogen-bond donors (Lipinski definition) is 1. The van der Waals surface area contributed by atoms with Gasteiger partial charge in [0.25, 0.3) is 0 Å². The minimum absolute atomic E-state index is 0.396. The van der Waals surface area contributed by atoms with Crippen LogP contribution in [0.1, 0.15) is 43.0 Å². The first-order chi connectivity index (χ1) is 13.1. The van der Waals surface area contributed by atoms with Gasteiger partial charge in [-0.15, -0.1) is 0 Å². The molecule has 1 amide bonds. The fourth-order valence-corrected chi connectivity index (χ4v) is 3.04. The molecule has 0 aliphatic rings. The molecule has 0 saturated carbocycles. The maximum Gasteiger partial charge on any atom is 0.407 e. The molecule has 6 heteroatoms. The summed E-state index contributed by atoms with van der Waals surface area (Å²) in [6, 6.07) is 10.1. The van der Waals surface area contributed by atoms with E-state index in [-0.39, 0.29) is 0 Å². The first-order valence-electron chi connectivity index (χ1n) is 9.49. The largest absolute Gasteiger partial charge is 0.444 e. The third kappa shape index (κ3) is 7.49. The lowest BCUT2D eigenvalue weighted by molar-refractivity contribution is 0.0521. The molecule has 1 aromatic carbocycles. The van der Waals surface area contributed by atoms with E-state index in [2.05, 4.69) is 47.2 Å². The number of nitrogens with one attached hydrogen (secondary N) is 1. The Morgan fingerprint density at radius 1 is 1.14 bits per heavy atom. The summed E-state index contributed by atoms with van der Waals surface area (Å²) < 4.78 is 5.31. The van der Waals surface area contributed by atoms with Gasteiger partial charge in [-0.1, -0.05) is 35.9 Å². The monoisotopic (exact) mass is 403 g/mol. The summed E-state index contributed by atoms with van der Waals surface area (Å²) in [5, 5.41) is 3.32. The SMILES string of the molecule is Cc1cccc(C)c1CN(CCNC(=O)OC(C)(C)C)Cc1ccc(Cl)nc1. The number of aromatic nitrogens is 1. The number of aryl methyl sites for hydroxylation is 2. The average molecular weight is 404 g/mol. The van der Waals surface area contributed by atoms with Crippen molar-refractivity contribution >= 4 is 17.7 Å². The fraction of sp³-hybridized carbons (Fsp3) is 0.455. The van der Waals surface area contributed by atoms with Crippen LogP contribution in [0.15, 0.2) is 36.5 Å². The lowest BCUT2D eigenvalue weighted by Crippen LogP contribution is -2.37. The van der Waals surface area contributed by atoms with Crippen molar-refractivity contribution in [1.29, 1.82) is 0 Å². The zero-order valence-electron chi connectivity index (χ0n) is 17.4.